The largest absolute Gasteiger partial charge is 0.497 e. The monoisotopic (exact) mass is 1260 g/mol. The Kier molecular flexibility index (Phi) is 20.4. The molecule has 2 N–H and O–H groups in total. The van der Waals surface area contributed by atoms with Crippen LogP contribution in [-0.4, -0.2) is 118 Å². The number of carbonyl (C=O) groups is 3. The van der Waals surface area contributed by atoms with Crippen molar-refractivity contribution in [3.8, 4) is 45.6 Å². The van der Waals surface area contributed by atoms with Crippen molar-refractivity contribution in [1.82, 2.24) is 9.80 Å². The maximum atomic E-state index is 15.5. The Morgan fingerprint density at radius 3 is 1.40 bits per heavy atom. The molecule has 2 heterocycles. The van der Waals surface area contributed by atoms with Gasteiger partial charge in [-0.2, -0.15) is 0 Å². The molecule has 0 aromatic heterocycles. The molecular formula is C72H90N4O12Si2. The molecule has 3 aliphatic rings. The molecule has 478 valence electrons. The number of rotatable bonds is 24. The summed E-state index contributed by atoms with van der Waals surface area (Å²) in [5.74, 6) is 2.33. The molecule has 0 radical (unpaired) electrons. The Morgan fingerprint density at radius 2 is 0.967 bits per heavy atom. The summed E-state index contributed by atoms with van der Waals surface area (Å²) in [7, 11) is 3.54. The van der Waals surface area contributed by atoms with Crippen LogP contribution >= 0.6 is 0 Å². The molecule has 18 heteroatoms. The van der Waals surface area contributed by atoms with E-state index in [1.807, 2.05) is 109 Å². The fourth-order valence-electron chi connectivity index (χ4n) is 11.0. The average molecular weight is 1260 g/mol. The predicted molar refractivity (Wildman–Crippen MR) is 361 cm³/mol. The molecule has 0 spiro atoms. The molecule has 0 bridgehead atoms. The summed E-state index contributed by atoms with van der Waals surface area (Å²) < 4.78 is 55.5. The molecule has 2 atom stereocenters. The van der Waals surface area contributed by atoms with Gasteiger partial charge in [-0.3, -0.25) is 14.5 Å². The minimum atomic E-state index is -2.26. The van der Waals surface area contributed by atoms with E-state index in [-0.39, 0.29) is 57.5 Å². The van der Waals surface area contributed by atoms with Crippen LogP contribution in [0.2, 0.25) is 36.3 Å². The summed E-state index contributed by atoms with van der Waals surface area (Å²) >= 11 is 0. The minimum Gasteiger partial charge on any atom is -0.497 e. The summed E-state index contributed by atoms with van der Waals surface area (Å²) in [6, 6.07) is 37.5. The van der Waals surface area contributed by atoms with Crippen molar-refractivity contribution in [3.63, 3.8) is 0 Å². The number of benzene rings is 6. The Morgan fingerprint density at radius 1 is 0.544 bits per heavy atom. The third kappa shape index (κ3) is 14.4. The average Bonchev–Trinajstić information content (AvgIpc) is 1.80. The first-order valence-corrected chi connectivity index (χ1v) is 36.8. The third-order valence-corrected chi connectivity index (χ3v) is 27.6. The van der Waals surface area contributed by atoms with E-state index < -0.39 is 28.8 Å². The highest BCUT2D eigenvalue weighted by Crippen LogP contribution is 2.47. The molecule has 0 saturated heterocycles. The van der Waals surface area contributed by atoms with E-state index in [1.54, 1.807) is 62.4 Å². The van der Waals surface area contributed by atoms with Crippen molar-refractivity contribution in [1.29, 1.82) is 0 Å². The van der Waals surface area contributed by atoms with Gasteiger partial charge in [-0.05, 0) is 138 Å². The van der Waals surface area contributed by atoms with Gasteiger partial charge in [0.25, 0.3) is 11.8 Å². The number of amides is 3. The van der Waals surface area contributed by atoms with E-state index in [0.717, 1.165) is 56.0 Å². The van der Waals surface area contributed by atoms with Crippen LogP contribution in [-0.2, 0) is 13.6 Å². The van der Waals surface area contributed by atoms with Crippen LogP contribution in [0.5, 0.6) is 34.5 Å². The molecule has 0 unspecified atom stereocenters. The second-order valence-electron chi connectivity index (χ2n) is 26.4. The van der Waals surface area contributed by atoms with Crippen LogP contribution in [0.4, 0.5) is 16.2 Å². The van der Waals surface area contributed by atoms with Crippen molar-refractivity contribution in [3.05, 3.63) is 167 Å². The molecular weight excluding hydrogens is 1170 g/mol. The Labute approximate surface area is 534 Å². The van der Waals surface area contributed by atoms with E-state index in [0.29, 0.717) is 80.5 Å². The summed E-state index contributed by atoms with van der Waals surface area (Å²) in [6.07, 6.45) is 5.60. The molecule has 0 saturated carbocycles. The van der Waals surface area contributed by atoms with Crippen molar-refractivity contribution in [2.75, 3.05) is 72.5 Å². The van der Waals surface area contributed by atoms with Crippen molar-refractivity contribution in [2.45, 2.75) is 128 Å². The second kappa shape index (κ2) is 27.6. The number of nitrogens with zero attached hydrogens (tertiary/aromatic N) is 3. The first kappa shape index (κ1) is 66.4. The Bertz CT molecular complexity index is 3580. The molecule has 1 aliphatic carbocycles. The van der Waals surface area contributed by atoms with E-state index >= 15 is 4.79 Å². The lowest BCUT2D eigenvalue weighted by molar-refractivity contribution is 0.0731. The molecule has 9 rings (SSSR count). The zero-order valence-corrected chi connectivity index (χ0v) is 57.1. The normalized spacial score (nSPS) is 15.8. The van der Waals surface area contributed by atoms with E-state index in [1.165, 1.54) is 12.0 Å². The quantitative estimate of drug-likeness (QED) is 0.0345. The first-order chi connectivity index (χ1) is 42.8. The molecule has 6 aromatic carbocycles. The molecule has 3 amide bonds. The van der Waals surface area contributed by atoms with Gasteiger partial charge >= 0.3 is 6.09 Å². The fraction of sp³-hybridized carbons (Fsp3) is 0.403. The van der Waals surface area contributed by atoms with Gasteiger partial charge in [0.15, 0.2) is 45.7 Å². The molecule has 16 nitrogen and oxygen atoms in total. The number of methoxy groups -OCH3 is 4. The fourth-order valence-corrected chi connectivity index (χ4v) is 13.0. The van der Waals surface area contributed by atoms with Crippen LogP contribution in [0.1, 0.15) is 123 Å². The zero-order valence-electron chi connectivity index (χ0n) is 55.1. The molecule has 0 fully saturated rings. The number of hydrogen-bond acceptors (Lipinski definition) is 13. The van der Waals surface area contributed by atoms with Crippen LogP contribution in [0.15, 0.2) is 134 Å². The highest BCUT2D eigenvalue weighted by Gasteiger charge is 2.43. The maximum Gasteiger partial charge on any atom is 0.414 e. The van der Waals surface area contributed by atoms with Gasteiger partial charge in [0.05, 0.1) is 83.8 Å². The second-order valence-corrected chi connectivity index (χ2v) is 36.0. The lowest BCUT2D eigenvalue weighted by atomic mass is 10.0. The van der Waals surface area contributed by atoms with Crippen LogP contribution < -0.4 is 39.1 Å². The highest BCUT2D eigenvalue weighted by molar-refractivity contribution is 6.74. The topological polar surface area (TPSA) is 170 Å². The van der Waals surface area contributed by atoms with Gasteiger partial charge in [0, 0.05) is 48.4 Å². The number of ether oxygens (including phenoxy) is 7. The van der Waals surface area contributed by atoms with Gasteiger partial charge in [0.2, 0.25) is 0 Å². The van der Waals surface area contributed by atoms with E-state index in [2.05, 4.69) is 67.7 Å². The van der Waals surface area contributed by atoms with Gasteiger partial charge < -0.3 is 57.5 Å². The highest BCUT2D eigenvalue weighted by atomic mass is 28.4. The van der Waals surface area contributed by atoms with Crippen molar-refractivity contribution < 1.29 is 56.4 Å². The number of nitrogens with two attached hydrogens (primary N) is 1. The van der Waals surface area contributed by atoms with E-state index in [9.17, 15) is 9.59 Å². The van der Waals surface area contributed by atoms with Crippen LogP contribution in [0.25, 0.3) is 22.3 Å². The zero-order chi connectivity index (χ0) is 64.9. The van der Waals surface area contributed by atoms with E-state index in [4.69, 9.17) is 47.7 Å². The smallest absolute Gasteiger partial charge is 0.414 e. The molecule has 6 aromatic rings. The molecule has 90 heavy (non-hydrogen) atoms. The Hall–Kier alpha value is -8.04. The van der Waals surface area contributed by atoms with Gasteiger partial charge in [-0.25, -0.2) is 4.79 Å². The number of unbranched alkanes of at least 4 members (excludes halogenated alkanes) is 2. The van der Waals surface area contributed by atoms with Crippen molar-refractivity contribution in [2.24, 2.45) is 0 Å². The lowest BCUT2D eigenvalue weighted by Gasteiger charge is -2.38. The number of fused-ring (bicyclic) bond motifs is 3. The summed E-state index contributed by atoms with van der Waals surface area (Å²) in [5, 5.41) is -0.0743. The number of carbonyl (C=O) groups excluding carboxylic acids is 3. The molecule has 2 aliphatic heterocycles. The standard InChI is InChI=1S/C72H90N4O12Si2/c1-71(2,3)89(12,13)86-45-51-37-49(47-27-31-53(80-8)32-28-47)43-75(51)68(77)59-39-63(82-10)65(41-61(59)73)84-35-21-16-22-36-85-66-42-62(74(7)70(79)88-67-57-25-19-17-23-55(57)56-24-18-20-26-58(56)67)60(40-64(66)83-11)69(78)76-44-50(48-29-33-54(81-9)34-30-48)38-52(76)46-87-90(14,15)72(4,5)6/h17-20,23-34,39-44,51-52,67H,16,21-22,35-38,45-46,73H2,1-15H3/t51-,52-/m0/s1. The minimum absolute atomic E-state index is 0.00959. The predicted octanol–water partition coefficient (Wildman–Crippen LogP) is 15.8. The Balaban J connectivity index is 0.917. The maximum absolute atomic E-state index is 15.5. The van der Waals surface area contributed by atoms with Gasteiger partial charge in [0.1, 0.15) is 11.5 Å². The summed E-state index contributed by atoms with van der Waals surface area (Å²) in [6.45, 7) is 23.3. The lowest BCUT2D eigenvalue weighted by Crippen LogP contribution is -2.45. The van der Waals surface area contributed by atoms with Gasteiger partial charge in [-0.1, -0.05) is 114 Å². The first-order valence-electron chi connectivity index (χ1n) is 31.0. The third-order valence-electron chi connectivity index (χ3n) is 18.6. The number of hydrogen-bond donors (Lipinski definition) is 1. The number of anilines is 2. The van der Waals surface area contributed by atoms with Crippen LogP contribution in [0.3, 0.4) is 0 Å². The van der Waals surface area contributed by atoms with Crippen LogP contribution in [0, 0.1) is 0 Å². The SMILES string of the molecule is COc1ccc(C2=CN(C(=O)c3cc(OC)c(OCCCCCOc4cc(N(C)C(=O)OC5c6ccccc6-c6ccccc65)c(C(=O)N5C=C(c6ccc(OC)cc6)C[C@H]5CO[Si](C)(C)C(C)(C)C)cc4OC)cc3N)[C@H](CO[Si](C)(C)C(C)(C)C)C2)cc1. The summed E-state index contributed by atoms with van der Waals surface area (Å²) in [5.41, 5.74) is 15.4. The number of nitrogen functional groups attached to an aromatic ring is 1. The summed E-state index contributed by atoms with van der Waals surface area (Å²) in [4.78, 5) is 49.7. The van der Waals surface area contributed by atoms with Crippen molar-refractivity contribution >= 4 is 57.1 Å². The van der Waals surface area contributed by atoms with Gasteiger partial charge in [-0.15, -0.1) is 0 Å².